The van der Waals surface area contributed by atoms with Gasteiger partial charge < -0.3 is 0 Å². The smallest absolute Gasteiger partial charge is 0.258 e. The third-order valence-electron chi connectivity index (χ3n) is 8.93. The van der Waals surface area contributed by atoms with Gasteiger partial charge in [0.15, 0.2) is 0 Å². The minimum Gasteiger partial charge on any atom is -0.258 e. The molecule has 33 heavy (non-hydrogen) atoms. The molecule has 4 aromatic carbocycles. The van der Waals surface area contributed by atoms with Gasteiger partial charge in [0.25, 0.3) is 5.69 Å². The number of rotatable bonds is 1. The Morgan fingerprint density at radius 2 is 0.818 bits per heavy atom. The zero-order valence-corrected chi connectivity index (χ0v) is 17.9. The number of nitro benzene ring substituents is 1. The van der Waals surface area contributed by atoms with E-state index in [9.17, 15) is 10.1 Å². The summed E-state index contributed by atoms with van der Waals surface area (Å²) >= 11 is 0. The summed E-state index contributed by atoms with van der Waals surface area (Å²) in [5, 5.41) is 11.7. The van der Waals surface area contributed by atoms with Crippen LogP contribution in [0.15, 0.2) is 91.0 Å². The zero-order chi connectivity index (χ0) is 21.8. The van der Waals surface area contributed by atoms with Gasteiger partial charge in [0, 0.05) is 35.8 Å². The Bertz CT molecular complexity index is 1460. The number of benzene rings is 4. The second-order valence-electron chi connectivity index (χ2n) is 10.0. The number of nitro groups is 1. The number of nitrogens with zero attached hydrogens (tertiary/aromatic N) is 1. The Hall–Kier alpha value is -3.72. The first-order valence-corrected chi connectivity index (χ1v) is 11.8. The largest absolute Gasteiger partial charge is 0.269 e. The van der Waals surface area contributed by atoms with Gasteiger partial charge in [0.1, 0.15) is 0 Å². The van der Waals surface area contributed by atoms with Crippen molar-refractivity contribution in [1.82, 2.24) is 0 Å². The van der Waals surface area contributed by atoms with Gasteiger partial charge in [0.2, 0.25) is 0 Å². The van der Waals surface area contributed by atoms with Gasteiger partial charge in [-0.1, -0.05) is 78.9 Å². The molecule has 4 aromatic rings. The minimum absolute atomic E-state index is 0.181. The number of hydrogen-bond acceptors (Lipinski definition) is 2. The summed E-state index contributed by atoms with van der Waals surface area (Å²) in [7, 11) is 0. The quantitative estimate of drug-likeness (QED) is 0.250. The lowest BCUT2D eigenvalue weighted by Crippen LogP contribution is -2.51. The fourth-order valence-corrected chi connectivity index (χ4v) is 8.06. The van der Waals surface area contributed by atoms with Crippen molar-refractivity contribution in [1.29, 1.82) is 0 Å². The van der Waals surface area contributed by atoms with E-state index in [0.717, 1.165) is 0 Å². The molecule has 0 heterocycles. The van der Waals surface area contributed by atoms with Crippen LogP contribution in [0.5, 0.6) is 0 Å². The van der Waals surface area contributed by atoms with Gasteiger partial charge in [-0.2, -0.15) is 0 Å². The van der Waals surface area contributed by atoms with Crippen LogP contribution in [0.3, 0.4) is 0 Å². The van der Waals surface area contributed by atoms with Crippen LogP contribution in [-0.4, -0.2) is 4.92 Å². The summed E-state index contributed by atoms with van der Waals surface area (Å²) in [4.78, 5) is 11.4. The van der Waals surface area contributed by atoms with E-state index in [1.807, 2.05) is 6.07 Å². The SMILES string of the molecule is O=[N+]([O-])c1ccc2c(c1)[C@H]1c3ccccc3[C@H]2[C@H]2C3c4ccccc4C(c4ccccc43)[C@@H]12. The van der Waals surface area contributed by atoms with Crippen LogP contribution >= 0.6 is 0 Å². The highest BCUT2D eigenvalue weighted by Gasteiger charge is 2.60. The first-order chi connectivity index (χ1) is 16.2. The third-order valence-corrected chi connectivity index (χ3v) is 8.93. The highest BCUT2D eigenvalue weighted by Crippen LogP contribution is 2.71. The molecule has 6 aliphatic rings. The predicted molar refractivity (Wildman–Crippen MR) is 127 cm³/mol. The predicted octanol–water partition coefficient (Wildman–Crippen LogP) is 6.71. The van der Waals surface area contributed by atoms with Crippen LogP contribution in [0.1, 0.15) is 68.2 Å². The van der Waals surface area contributed by atoms with Gasteiger partial charge in [-0.05, 0) is 56.3 Å². The molecule has 3 heteroatoms. The standard InChI is InChI=1S/C30H21NO2/c32-31(33)16-13-14-23-24(15-16)28-22-12-6-5-11-21(22)27(23)29-25-17-7-1-3-9-19(17)26(30(28)29)20-10-4-2-8-18(20)25/h1-15,25-30H/t25?,26?,27-,28-,29-,30+/m1/s1. The van der Waals surface area contributed by atoms with E-state index < -0.39 is 0 Å². The van der Waals surface area contributed by atoms with Gasteiger partial charge >= 0.3 is 0 Å². The fourth-order valence-electron chi connectivity index (χ4n) is 8.06. The highest BCUT2D eigenvalue weighted by molar-refractivity contribution is 5.66. The van der Waals surface area contributed by atoms with Crippen LogP contribution < -0.4 is 0 Å². The molecular weight excluding hydrogens is 406 g/mol. The summed E-state index contributed by atoms with van der Waals surface area (Å²) in [6.45, 7) is 0. The van der Waals surface area contributed by atoms with Gasteiger partial charge in [-0.3, -0.25) is 10.1 Å². The van der Waals surface area contributed by atoms with E-state index in [1.165, 1.54) is 44.5 Å². The average molecular weight is 428 g/mol. The molecule has 0 amide bonds. The maximum absolute atomic E-state index is 11.7. The average Bonchev–Trinajstić information content (AvgIpc) is 2.87. The second-order valence-corrected chi connectivity index (χ2v) is 10.0. The number of hydrogen-bond donors (Lipinski definition) is 0. The molecule has 4 atom stereocenters. The Labute approximate surface area is 191 Å². The topological polar surface area (TPSA) is 43.1 Å². The van der Waals surface area contributed by atoms with E-state index in [0.29, 0.717) is 23.7 Å². The second kappa shape index (κ2) is 5.99. The van der Waals surface area contributed by atoms with E-state index >= 15 is 0 Å². The Morgan fingerprint density at radius 3 is 1.18 bits per heavy atom. The Balaban J connectivity index is 1.47. The van der Waals surface area contributed by atoms with Crippen molar-refractivity contribution in [2.24, 2.45) is 11.8 Å². The number of non-ortho nitro benzene ring substituents is 1. The third kappa shape index (κ3) is 2.02. The van der Waals surface area contributed by atoms with Crippen molar-refractivity contribution >= 4 is 5.69 Å². The van der Waals surface area contributed by atoms with Crippen molar-refractivity contribution in [3.8, 4) is 0 Å². The van der Waals surface area contributed by atoms with Crippen molar-refractivity contribution in [3.05, 3.63) is 146 Å². The van der Waals surface area contributed by atoms with Crippen LogP contribution in [0, 0.1) is 22.0 Å². The van der Waals surface area contributed by atoms with Gasteiger partial charge in [-0.25, -0.2) is 0 Å². The maximum atomic E-state index is 11.7. The van der Waals surface area contributed by atoms with E-state index in [4.69, 9.17) is 0 Å². The maximum Gasteiger partial charge on any atom is 0.269 e. The van der Waals surface area contributed by atoms with Gasteiger partial charge in [-0.15, -0.1) is 0 Å². The first kappa shape index (κ1) is 17.8. The molecular formula is C30H21NO2. The molecule has 0 spiro atoms. The summed E-state index contributed by atoms with van der Waals surface area (Å²) in [6, 6.07) is 32.5. The molecule has 0 radical (unpaired) electrons. The molecule has 0 unspecified atom stereocenters. The highest BCUT2D eigenvalue weighted by atomic mass is 16.6. The molecule has 0 saturated heterocycles. The van der Waals surface area contributed by atoms with E-state index in [1.54, 1.807) is 6.07 Å². The minimum atomic E-state index is -0.246. The van der Waals surface area contributed by atoms with Crippen molar-refractivity contribution in [2.45, 2.75) is 23.7 Å². The van der Waals surface area contributed by atoms with Crippen LogP contribution in [-0.2, 0) is 0 Å². The monoisotopic (exact) mass is 427 g/mol. The molecule has 6 aliphatic carbocycles. The zero-order valence-electron chi connectivity index (χ0n) is 17.9. The van der Waals surface area contributed by atoms with Gasteiger partial charge in [0.05, 0.1) is 4.92 Å². The summed E-state index contributed by atoms with van der Waals surface area (Å²) < 4.78 is 0. The van der Waals surface area contributed by atoms with Crippen molar-refractivity contribution in [3.63, 3.8) is 0 Å². The van der Waals surface area contributed by atoms with Crippen molar-refractivity contribution < 1.29 is 4.92 Å². The van der Waals surface area contributed by atoms with Crippen LogP contribution in [0.2, 0.25) is 0 Å². The molecule has 4 bridgehead atoms. The normalized spacial score (nSPS) is 28.8. The van der Waals surface area contributed by atoms with Crippen LogP contribution in [0.25, 0.3) is 0 Å². The fraction of sp³-hybridized carbons (Fsp3) is 0.200. The first-order valence-electron chi connectivity index (χ1n) is 11.8. The summed E-state index contributed by atoms with van der Waals surface area (Å²) in [6.07, 6.45) is 0. The molecule has 3 nitrogen and oxygen atoms in total. The van der Waals surface area contributed by atoms with Crippen LogP contribution in [0.4, 0.5) is 5.69 Å². The lowest BCUT2D eigenvalue weighted by atomic mass is 9.41. The Kier molecular flexibility index (Phi) is 3.23. The molecule has 0 N–H and O–H groups in total. The Morgan fingerprint density at radius 1 is 0.485 bits per heavy atom. The van der Waals surface area contributed by atoms with E-state index in [-0.39, 0.29) is 22.4 Å². The molecule has 0 aromatic heterocycles. The molecule has 0 aliphatic heterocycles. The molecule has 10 rings (SSSR count). The summed E-state index contributed by atoms with van der Waals surface area (Å²) in [5.41, 5.74) is 11.4. The summed E-state index contributed by atoms with van der Waals surface area (Å²) in [5.74, 6) is 2.00. The molecule has 0 saturated carbocycles. The molecule has 158 valence electrons. The van der Waals surface area contributed by atoms with E-state index in [2.05, 4.69) is 78.9 Å². The lowest BCUT2D eigenvalue weighted by Gasteiger charge is -2.61. The van der Waals surface area contributed by atoms with Crippen molar-refractivity contribution in [2.75, 3.05) is 0 Å². The lowest BCUT2D eigenvalue weighted by molar-refractivity contribution is -0.385. The molecule has 0 fully saturated rings.